The molecule has 0 fully saturated rings. The first-order valence-corrected chi connectivity index (χ1v) is 10.6. The molecule has 0 unspecified atom stereocenters. The Labute approximate surface area is 183 Å². The highest BCUT2D eigenvalue weighted by Gasteiger charge is 2.09. The van der Waals surface area contributed by atoms with Gasteiger partial charge in [0.1, 0.15) is 12.4 Å². The van der Waals surface area contributed by atoms with Gasteiger partial charge in [-0.1, -0.05) is 42.8 Å². The van der Waals surface area contributed by atoms with Gasteiger partial charge in [0.05, 0.1) is 16.4 Å². The first-order chi connectivity index (χ1) is 14.5. The van der Waals surface area contributed by atoms with Crippen LogP contribution in [0.2, 0.25) is 5.02 Å². The zero-order valence-corrected chi connectivity index (χ0v) is 18.5. The van der Waals surface area contributed by atoms with Crippen molar-refractivity contribution in [1.29, 1.82) is 0 Å². The Kier molecular flexibility index (Phi) is 7.52. The highest BCUT2D eigenvalue weighted by Crippen LogP contribution is 2.19. The SMILES string of the molecule is CCc1ccc(OCc2cccc(C(=O)NCCCn3nc(C)c(Cl)c3C)c2)cc1. The second kappa shape index (κ2) is 10.3. The molecule has 3 rings (SSSR count). The van der Waals surface area contributed by atoms with Crippen LogP contribution >= 0.6 is 11.6 Å². The fraction of sp³-hybridized carbons (Fsp3) is 0.333. The van der Waals surface area contributed by atoms with E-state index in [1.807, 2.05) is 54.9 Å². The molecule has 0 saturated heterocycles. The van der Waals surface area contributed by atoms with E-state index in [1.54, 1.807) is 0 Å². The molecule has 3 aromatic rings. The Morgan fingerprint density at radius 1 is 1.13 bits per heavy atom. The summed E-state index contributed by atoms with van der Waals surface area (Å²) in [6, 6.07) is 15.6. The number of benzene rings is 2. The predicted molar refractivity (Wildman–Crippen MR) is 120 cm³/mol. The van der Waals surface area contributed by atoms with E-state index < -0.39 is 0 Å². The summed E-state index contributed by atoms with van der Waals surface area (Å²) in [5.74, 6) is 0.738. The molecule has 0 aliphatic carbocycles. The lowest BCUT2D eigenvalue weighted by Gasteiger charge is -2.10. The standard InChI is InChI=1S/C24H28ClN3O2/c1-4-19-9-11-22(12-10-19)30-16-20-7-5-8-21(15-20)24(29)26-13-6-14-28-18(3)23(25)17(2)27-28/h5,7-12,15H,4,6,13-14,16H2,1-3H3,(H,26,29). The van der Waals surface area contributed by atoms with Gasteiger partial charge in [-0.15, -0.1) is 0 Å². The predicted octanol–water partition coefficient (Wildman–Crippen LogP) is 5.11. The quantitative estimate of drug-likeness (QED) is 0.484. The molecular formula is C24H28ClN3O2. The molecule has 2 aromatic carbocycles. The van der Waals surface area contributed by atoms with E-state index in [0.717, 1.165) is 35.5 Å². The molecule has 0 saturated carbocycles. The van der Waals surface area contributed by atoms with Crippen molar-refractivity contribution >= 4 is 17.5 Å². The van der Waals surface area contributed by atoms with E-state index in [9.17, 15) is 4.79 Å². The molecule has 158 valence electrons. The first-order valence-electron chi connectivity index (χ1n) is 10.3. The van der Waals surface area contributed by atoms with Gasteiger partial charge in [-0.25, -0.2) is 0 Å². The largest absolute Gasteiger partial charge is 0.489 e. The molecule has 30 heavy (non-hydrogen) atoms. The normalized spacial score (nSPS) is 10.8. The van der Waals surface area contributed by atoms with Crippen molar-refractivity contribution in [2.45, 2.75) is 46.8 Å². The lowest BCUT2D eigenvalue weighted by molar-refractivity contribution is 0.0952. The lowest BCUT2D eigenvalue weighted by atomic mass is 10.1. The highest BCUT2D eigenvalue weighted by molar-refractivity contribution is 6.31. The maximum absolute atomic E-state index is 12.5. The van der Waals surface area contributed by atoms with E-state index in [-0.39, 0.29) is 5.91 Å². The summed E-state index contributed by atoms with van der Waals surface area (Å²) in [5, 5.41) is 8.09. The average molecular weight is 426 g/mol. The third kappa shape index (κ3) is 5.63. The summed E-state index contributed by atoms with van der Waals surface area (Å²) >= 11 is 6.17. The summed E-state index contributed by atoms with van der Waals surface area (Å²) in [7, 11) is 0. The van der Waals surface area contributed by atoms with E-state index in [4.69, 9.17) is 16.3 Å². The number of ether oxygens (including phenoxy) is 1. The van der Waals surface area contributed by atoms with E-state index in [0.29, 0.717) is 30.3 Å². The van der Waals surface area contributed by atoms with Gasteiger partial charge in [0, 0.05) is 18.7 Å². The van der Waals surface area contributed by atoms with Crippen molar-refractivity contribution in [2.75, 3.05) is 6.54 Å². The fourth-order valence-electron chi connectivity index (χ4n) is 3.22. The van der Waals surface area contributed by atoms with Gasteiger partial charge in [-0.3, -0.25) is 9.48 Å². The van der Waals surface area contributed by atoms with Crippen molar-refractivity contribution in [3.63, 3.8) is 0 Å². The minimum absolute atomic E-state index is 0.0875. The Balaban J connectivity index is 1.48. The number of carbonyl (C=O) groups is 1. The van der Waals surface area contributed by atoms with Gasteiger partial charge in [0.2, 0.25) is 0 Å². The molecular weight excluding hydrogens is 398 g/mol. The maximum atomic E-state index is 12.5. The summed E-state index contributed by atoms with van der Waals surface area (Å²) in [6.45, 7) is 7.67. The van der Waals surface area contributed by atoms with E-state index in [1.165, 1.54) is 5.56 Å². The third-order valence-corrected chi connectivity index (χ3v) is 5.60. The summed E-state index contributed by atoms with van der Waals surface area (Å²) < 4.78 is 7.73. The van der Waals surface area contributed by atoms with Crippen LogP contribution in [0.4, 0.5) is 0 Å². The smallest absolute Gasteiger partial charge is 0.251 e. The van der Waals surface area contributed by atoms with Crippen molar-refractivity contribution in [1.82, 2.24) is 15.1 Å². The molecule has 1 amide bonds. The first kappa shape index (κ1) is 21.9. The second-order valence-electron chi connectivity index (χ2n) is 7.30. The second-order valence-corrected chi connectivity index (χ2v) is 7.68. The molecule has 0 radical (unpaired) electrons. The molecule has 1 aromatic heterocycles. The fourth-order valence-corrected chi connectivity index (χ4v) is 3.35. The number of hydrogen-bond donors (Lipinski definition) is 1. The summed E-state index contributed by atoms with van der Waals surface area (Å²) in [6.07, 6.45) is 1.78. The van der Waals surface area contributed by atoms with Crippen LogP contribution in [0.3, 0.4) is 0 Å². The van der Waals surface area contributed by atoms with Crippen LogP contribution in [0.15, 0.2) is 48.5 Å². The molecule has 0 aliphatic heterocycles. The van der Waals surface area contributed by atoms with Gasteiger partial charge in [0.25, 0.3) is 5.91 Å². The van der Waals surface area contributed by atoms with Crippen molar-refractivity contribution in [3.8, 4) is 5.75 Å². The van der Waals surface area contributed by atoms with Crippen LogP contribution in [0, 0.1) is 13.8 Å². The van der Waals surface area contributed by atoms with Crippen molar-refractivity contribution < 1.29 is 9.53 Å². The molecule has 0 aliphatic rings. The number of nitrogens with one attached hydrogen (secondary N) is 1. The number of halogens is 1. The summed E-state index contributed by atoms with van der Waals surface area (Å²) in [5.41, 5.74) is 4.66. The van der Waals surface area contributed by atoms with Crippen LogP contribution in [0.1, 0.15) is 46.2 Å². The topological polar surface area (TPSA) is 56.1 Å². The third-order valence-electron chi connectivity index (χ3n) is 5.05. The molecule has 1 N–H and O–H groups in total. The zero-order valence-electron chi connectivity index (χ0n) is 17.7. The van der Waals surface area contributed by atoms with Gasteiger partial charge in [-0.05, 0) is 62.1 Å². The number of carbonyl (C=O) groups excluding carboxylic acids is 1. The van der Waals surface area contributed by atoms with Crippen LogP contribution in [-0.2, 0) is 19.6 Å². The number of amides is 1. The Hall–Kier alpha value is -2.79. The van der Waals surface area contributed by atoms with E-state index >= 15 is 0 Å². The van der Waals surface area contributed by atoms with Crippen LogP contribution in [0.25, 0.3) is 0 Å². The zero-order chi connectivity index (χ0) is 21.5. The molecule has 0 spiro atoms. The summed E-state index contributed by atoms with van der Waals surface area (Å²) in [4.78, 5) is 12.5. The number of nitrogens with zero attached hydrogens (tertiary/aromatic N) is 2. The molecule has 5 nitrogen and oxygen atoms in total. The van der Waals surface area contributed by atoms with Gasteiger partial charge < -0.3 is 10.1 Å². The number of rotatable bonds is 9. The Morgan fingerprint density at radius 3 is 2.57 bits per heavy atom. The Morgan fingerprint density at radius 2 is 1.90 bits per heavy atom. The van der Waals surface area contributed by atoms with Crippen LogP contribution in [-0.4, -0.2) is 22.2 Å². The number of hydrogen-bond acceptors (Lipinski definition) is 3. The van der Waals surface area contributed by atoms with Crippen LogP contribution in [0.5, 0.6) is 5.75 Å². The molecule has 0 bridgehead atoms. The van der Waals surface area contributed by atoms with E-state index in [2.05, 4.69) is 29.5 Å². The molecule has 0 atom stereocenters. The van der Waals surface area contributed by atoms with Crippen molar-refractivity contribution in [2.24, 2.45) is 0 Å². The monoisotopic (exact) mass is 425 g/mol. The van der Waals surface area contributed by atoms with Gasteiger partial charge in [-0.2, -0.15) is 5.10 Å². The lowest BCUT2D eigenvalue weighted by Crippen LogP contribution is -2.25. The van der Waals surface area contributed by atoms with Gasteiger partial charge >= 0.3 is 0 Å². The highest BCUT2D eigenvalue weighted by atomic mass is 35.5. The van der Waals surface area contributed by atoms with Crippen molar-refractivity contribution in [3.05, 3.63) is 81.6 Å². The van der Waals surface area contributed by atoms with Gasteiger partial charge in [0.15, 0.2) is 0 Å². The number of aromatic nitrogens is 2. The Bertz CT molecular complexity index is 996. The maximum Gasteiger partial charge on any atom is 0.251 e. The number of aryl methyl sites for hydroxylation is 3. The average Bonchev–Trinajstić information content (AvgIpc) is 3.02. The van der Waals surface area contributed by atoms with Crippen LogP contribution < -0.4 is 10.1 Å². The minimum Gasteiger partial charge on any atom is -0.489 e. The molecule has 6 heteroatoms. The molecule has 1 heterocycles. The minimum atomic E-state index is -0.0875.